The molecule has 0 aliphatic carbocycles. The number of piperidine rings is 1. The molecular formula is C17H21N3O2. The van der Waals surface area contributed by atoms with E-state index in [4.69, 9.17) is 4.74 Å². The Bertz CT molecular complexity index is 657. The van der Waals surface area contributed by atoms with Crippen molar-refractivity contribution in [2.45, 2.75) is 25.9 Å². The second kappa shape index (κ2) is 6.22. The van der Waals surface area contributed by atoms with Crippen LogP contribution >= 0.6 is 0 Å². The maximum absolute atomic E-state index is 12.4. The topological polar surface area (TPSA) is 47.4 Å². The molecule has 2 aromatic rings. The Kier molecular flexibility index (Phi) is 4.13. The molecule has 0 saturated carbocycles. The highest BCUT2D eigenvalue weighted by molar-refractivity contribution is 5.93. The molecule has 3 rings (SSSR count). The van der Waals surface area contributed by atoms with E-state index in [9.17, 15) is 4.79 Å². The summed E-state index contributed by atoms with van der Waals surface area (Å²) in [6.45, 7) is 3.51. The van der Waals surface area contributed by atoms with Crippen molar-refractivity contribution in [3.8, 4) is 5.75 Å². The Morgan fingerprint density at radius 3 is 2.73 bits per heavy atom. The molecule has 22 heavy (non-hydrogen) atoms. The third kappa shape index (κ3) is 3.30. The van der Waals surface area contributed by atoms with Gasteiger partial charge in [-0.2, -0.15) is 5.10 Å². The lowest BCUT2D eigenvalue weighted by Crippen LogP contribution is -2.41. The summed E-state index contributed by atoms with van der Waals surface area (Å²) in [6.07, 6.45) is 5.29. The molecule has 1 amide bonds. The minimum atomic E-state index is 0.0575. The number of amides is 1. The zero-order chi connectivity index (χ0) is 15.5. The van der Waals surface area contributed by atoms with Crippen molar-refractivity contribution >= 4 is 5.91 Å². The molecule has 1 aromatic carbocycles. The van der Waals surface area contributed by atoms with Gasteiger partial charge in [-0.1, -0.05) is 12.1 Å². The standard InChI is InChI=1S/C17H21N3O2/c1-13-4-3-5-16(10-13)22-15-6-8-20(9-7-15)17(21)14-11-18-19(2)12-14/h3-5,10-12,15H,6-9H2,1-2H3. The summed E-state index contributed by atoms with van der Waals surface area (Å²) in [5, 5.41) is 4.06. The minimum Gasteiger partial charge on any atom is -0.490 e. The first kappa shape index (κ1) is 14.6. The van der Waals surface area contributed by atoms with Gasteiger partial charge in [0.25, 0.3) is 5.91 Å². The number of hydrogen-bond donors (Lipinski definition) is 0. The summed E-state index contributed by atoms with van der Waals surface area (Å²) < 4.78 is 7.67. The largest absolute Gasteiger partial charge is 0.490 e. The van der Waals surface area contributed by atoms with E-state index < -0.39 is 0 Å². The number of hydrogen-bond acceptors (Lipinski definition) is 3. The number of likely N-dealkylation sites (tertiary alicyclic amines) is 1. The van der Waals surface area contributed by atoms with Crippen LogP contribution < -0.4 is 4.74 Å². The summed E-state index contributed by atoms with van der Waals surface area (Å²) in [6, 6.07) is 8.10. The molecule has 1 aliphatic rings. The molecule has 5 nitrogen and oxygen atoms in total. The third-order valence-corrected chi connectivity index (χ3v) is 3.97. The predicted molar refractivity (Wildman–Crippen MR) is 83.9 cm³/mol. The van der Waals surface area contributed by atoms with Crippen molar-refractivity contribution in [1.29, 1.82) is 0 Å². The average Bonchev–Trinajstić information content (AvgIpc) is 2.94. The lowest BCUT2D eigenvalue weighted by molar-refractivity contribution is 0.0595. The van der Waals surface area contributed by atoms with E-state index in [1.807, 2.05) is 30.1 Å². The zero-order valence-corrected chi connectivity index (χ0v) is 13.0. The highest BCUT2D eigenvalue weighted by atomic mass is 16.5. The van der Waals surface area contributed by atoms with Crippen LogP contribution in [0.1, 0.15) is 28.8 Å². The third-order valence-electron chi connectivity index (χ3n) is 3.97. The van der Waals surface area contributed by atoms with Gasteiger partial charge in [-0.25, -0.2) is 0 Å². The summed E-state index contributed by atoms with van der Waals surface area (Å²) in [5.74, 6) is 0.971. The van der Waals surface area contributed by atoms with Crippen molar-refractivity contribution in [1.82, 2.24) is 14.7 Å². The van der Waals surface area contributed by atoms with Gasteiger partial charge in [-0.15, -0.1) is 0 Å². The van der Waals surface area contributed by atoms with E-state index in [1.54, 1.807) is 17.1 Å². The molecule has 1 aliphatic heterocycles. The fourth-order valence-electron chi connectivity index (χ4n) is 2.77. The number of rotatable bonds is 3. The Morgan fingerprint density at radius 2 is 2.09 bits per heavy atom. The van der Waals surface area contributed by atoms with Gasteiger partial charge in [0.1, 0.15) is 11.9 Å². The summed E-state index contributed by atoms with van der Waals surface area (Å²) in [7, 11) is 1.82. The molecule has 0 radical (unpaired) electrons. The number of aryl methyl sites for hydroxylation is 2. The minimum absolute atomic E-state index is 0.0575. The van der Waals surface area contributed by atoms with Crippen LogP contribution in [0.25, 0.3) is 0 Å². The molecule has 2 heterocycles. The number of nitrogens with zero attached hydrogens (tertiary/aromatic N) is 3. The van der Waals surface area contributed by atoms with E-state index in [0.29, 0.717) is 5.56 Å². The van der Waals surface area contributed by atoms with Gasteiger partial charge >= 0.3 is 0 Å². The van der Waals surface area contributed by atoms with Gasteiger partial charge in [0.2, 0.25) is 0 Å². The SMILES string of the molecule is Cc1cccc(OC2CCN(C(=O)c3cnn(C)c3)CC2)c1. The van der Waals surface area contributed by atoms with Gasteiger partial charge in [-0.05, 0) is 24.6 Å². The Balaban J connectivity index is 1.55. The van der Waals surface area contributed by atoms with Crippen molar-refractivity contribution in [2.24, 2.45) is 7.05 Å². The maximum Gasteiger partial charge on any atom is 0.257 e. The van der Waals surface area contributed by atoms with Crippen molar-refractivity contribution in [2.75, 3.05) is 13.1 Å². The van der Waals surface area contributed by atoms with Gasteiger partial charge in [0, 0.05) is 39.2 Å². The number of carbonyl (C=O) groups is 1. The summed E-state index contributed by atoms with van der Waals surface area (Å²) >= 11 is 0. The Morgan fingerprint density at radius 1 is 1.32 bits per heavy atom. The van der Waals surface area contributed by atoms with Crippen LogP contribution in [0, 0.1) is 6.92 Å². The lowest BCUT2D eigenvalue weighted by Gasteiger charge is -2.32. The number of aromatic nitrogens is 2. The van der Waals surface area contributed by atoms with Crippen LogP contribution in [0.15, 0.2) is 36.7 Å². The van der Waals surface area contributed by atoms with Gasteiger partial charge < -0.3 is 9.64 Å². The first-order valence-corrected chi connectivity index (χ1v) is 7.63. The quantitative estimate of drug-likeness (QED) is 0.874. The summed E-state index contributed by atoms with van der Waals surface area (Å²) in [4.78, 5) is 14.2. The second-order valence-electron chi connectivity index (χ2n) is 5.83. The van der Waals surface area contributed by atoms with E-state index in [-0.39, 0.29) is 12.0 Å². The molecule has 0 unspecified atom stereocenters. The van der Waals surface area contributed by atoms with Crippen LogP contribution in [0.5, 0.6) is 5.75 Å². The summed E-state index contributed by atoms with van der Waals surface area (Å²) in [5.41, 5.74) is 1.85. The molecular weight excluding hydrogens is 278 g/mol. The van der Waals surface area contributed by atoms with Crippen LogP contribution in [-0.4, -0.2) is 39.8 Å². The predicted octanol–water partition coefficient (Wildman–Crippen LogP) is 2.41. The Labute approximate surface area is 130 Å². The molecule has 116 valence electrons. The number of benzene rings is 1. The van der Waals surface area contributed by atoms with Crippen molar-refractivity contribution < 1.29 is 9.53 Å². The number of ether oxygens (including phenoxy) is 1. The highest BCUT2D eigenvalue weighted by Gasteiger charge is 2.25. The normalized spacial score (nSPS) is 15.8. The smallest absolute Gasteiger partial charge is 0.257 e. The molecule has 0 N–H and O–H groups in total. The second-order valence-corrected chi connectivity index (χ2v) is 5.83. The van der Waals surface area contributed by atoms with Crippen LogP contribution in [0.2, 0.25) is 0 Å². The van der Waals surface area contributed by atoms with E-state index in [0.717, 1.165) is 31.7 Å². The van der Waals surface area contributed by atoms with E-state index in [1.165, 1.54) is 5.56 Å². The fourth-order valence-corrected chi connectivity index (χ4v) is 2.77. The molecule has 1 aromatic heterocycles. The lowest BCUT2D eigenvalue weighted by atomic mass is 10.1. The van der Waals surface area contributed by atoms with Gasteiger partial charge in [0.05, 0.1) is 11.8 Å². The first-order chi connectivity index (χ1) is 10.6. The molecule has 5 heteroatoms. The molecule has 0 atom stereocenters. The highest BCUT2D eigenvalue weighted by Crippen LogP contribution is 2.20. The van der Waals surface area contributed by atoms with Crippen molar-refractivity contribution in [3.05, 3.63) is 47.8 Å². The van der Waals surface area contributed by atoms with E-state index >= 15 is 0 Å². The van der Waals surface area contributed by atoms with Crippen LogP contribution in [-0.2, 0) is 7.05 Å². The van der Waals surface area contributed by atoms with E-state index in [2.05, 4.69) is 18.1 Å². The number of carbonyl (C=O) groups excluding carboxylic acids is 1. The molecule has 1 fully saturated rings. The van der Waals surface area contributed by atoms with Gasteiger partial charge in [-0.3, -0.25) is 9.48 Å². The average molecular weight is 299 g/mol. The Hall–Kier alpha value is -2.30. The fraction of sp³-hybridized carbons (Fsp3) is 0.412. The maximum atomic E-state index is 12.4. The first-order valence-electron chi connectivity index (χ1n) is 7.63. The van der Waals surface area contributed by atoms with Gasteiger partial charge in [0.15, 0.2) is 0 Å². The van der Waals surface area contributed by atoms with Crippen molar-refractivity contribution in [3.63, 3.8) is 0 Å². The molecule has 1 saturated heterocycles. The molecule has 0 spiro atoms. The van der Waals surface area contributed by atoms with Crippen LogP contribution in [0.4, 0.5) is 0 Å². The zero-order valence-electron chi connectivity index (χ0n) is 13.0. The molecule has 0 bridgehead atoms. The van der Waals surface area contributed by atoms with Crippen LogP contribution in [0.3, 0.4) is 0 Å². The monoisotopic (exact) mass is 299 g/mol.